The van der Waals surface area contributed by atoms with Crippen LogP contribution in [0.25, 0.3) is 6.08 Å². The Kier molecular flexibility index (Phi) is 5.57. The molecule has 0 bridgehead atoms. The fourth-order valence-corrected chi connectivity index (χ4v) is 3.25. The summed E-state index contributed by atoms with van der Waals surface area (Å²) in [5.41, 5.74) is 2.96. The summed E-state index contributed by atoms with van der Waals surface area (Å²) < 4.78 is 5.27. The summed E-state index contributed by atoms with van der Waals surface area (Å²) in [5.74, 6) is 0.905. The molecule has 0 radical (unpaired) electrons. The van der Waals surface area contributed by atoms with Crippen molar-refractivity contribution in [2.75, 3.05) is 4.90 Å². The molecule has 4 rings (SSSR count). The molecule has 0 saturated heterocycles. The molecule has 6 heteroatoms. The van der Waals surface area contributed by atoms with Gasteiger partial charge in [-0.25, -0.2) is 4.99 Å². The summed E-state index contributed by atoms with van der Waals surface area (Å²) in [6.07, 6.45) is 3.45. The Morgan fingerprint density at radius 3 is 2.50 bits per heavy atom. The molecule has 0 spiro atoms. The number of hydrogen-bond donors (Lipinski definition) is 1. The number of anilines is 1. The van der Waals surface area contributed by atoms with Crippen LogP contribution in [0.5, 0.6) is 0 Å². The van der Waals surface area contributed by atoms with Gasteiger partial charge < -0.3 is 9.73 Å². The lowest BCUT2D eigenvalue weighted by Crippen LogP contribution is -2.30. The Morgan fingerprint density at radius 1 is 1.03 bits per heavy atom. The summed E-state index contributed by atoms with van der Waals surface area (Å²) in [5, 5.41) is 2.92. The number of benzene rings is 2. The lowest BCUT2D eigenvalue weighted by Gasteiger charge is -2.16. The maximum atomic E-state index is 12.8. The van der Waals surface area contributed by atoms with Crippen molar-refractivity contribution in [3.05, 3.63) is 95.6 Å². The van der Waals surface area contributed by atoms with Crippen LogP contribution in [0, 0.1) is 0 Å². The third kappa shape index (κ3) is 4.38. The first kappa shape index (κ1) is 19.4. The van der Waals surface area contributed by atoms with Crippen molar-refractivity contribution in [1.29, 1.82) is 0 Å². The topological polar surface area (TPSA) is 74.9 Å². The van der Waals surface area contributed by atoms with Crippen LogP contribution in [-0.4, -0.2) is 17.6 Å². The maximum absolute atomic E-state index is 12.8. The van der Waals surface area contributed by atoms with Crippen LogP contribution in [0.1, 0.15) is 23.8 Å². The van der Waals surface area contributed by atoms with Gasteiger partial charge in [0.1, 0.15) is 17.3 Å². The fourth-order valence-electron chi connectivity index (χ4n) is 3.25. The second-order valence-electron chi connectivity index (χ2n) is 6.95. The van der Waals surface area contributed by atoms with E-state index in [2.05, 4.69) is 10.3 Å². The van der Waals surface area contributed by atoms with Gasteiger partial charge in [-0.2, -0.15) is 0 Å². The average Bonchev–Trinajstić information content (AvgIpc) is 3.36. The van der Waals surface area contributed by atoms with Gasteiger partial charge >= 0.3 is 0 Å². The summed E-state index contributed by atoms with van der Waals surface area (Å²) in [4.78, 5) is 30.9. The van der Waals surface area contributed by atoms with Gasteiger partial charge in [0, 0.05) is 12.6 Å². The largest absolute Gasteiger partial charge is 0.465 e. The predicted molar refractivity (Wildman–Crippen MR) is 116 cm³/mol. The molecule has 0 unspecified atom stereocenters. The van der Waals surface area contributed by atoms with E-state index < -0.39 is 0 Å². The number of aliphatic imine (C=N–C) groups is 1. The van der Waals surface area contributed by atoms with Crippen molar-refractivity contribution >= 4 is 29.4 Å². The molecule has 0 aliphatic carbocycles. The van der Waals surface area contributed by atoms with Gasteiger partial charge in [-0.15, -0.1) is 0 Å². The highest BCUT2D eigenvalue weighted by atomic mass is 16.3. The van der Waals surface area contributed by atoms with Gasteiger partial charge in [-0.3, -0.25) is 14.5 Å². The van der Waals surface area contributed by atoms with Crippen molar-refractivity contribution in [2.45, 2.75) is 19.9 Å². The Balaban J connectivity index is 1.39. The predicted octanol–water partition coefficient (Wildman–Crippen LogP) is 3.94. The van der Waals surface area contributed by atoms with E-state index in [-0.39, 0.29) is 18.2 Å². The Bertz CT molecular complexity index is 1100. The Hall–Kier alpha value is -3.93. The van der Waals surface area contributed by atoms with Gasteiger partial charge in [0.25, 0.3) is 5.91 Å². The van der Waals surface area contributed by atoms with Crippen molar-refractivity contribution in [3.63, 3.8) is 0 Å². The van der Waals surface area contributed by atoms with Crippen LogP contribution in [0.3, 0.4) is 0 Å². The van der Waals surface area contributed by atoms with Crippen LogP contribution in [0.2, 0.25) is 0 Å². The molecule has 2 heterocycles. The summed E-state index contributed by atoms with van der Waals surface area (Å²) in [6.45, 7) is 2.28. The molecule has 0 atom stereocenters. The number of nitrogens with zero attached hydrogens (tertiary/aromatic N) is 2. The van der Waals surface area contributed by atoms with E-state index in [4.69, 9.17) is 4.42 Å². The number of carbonyl (C=O) groups is 2. The fraction of sp³-hybridized carbons (Fsp3) is 0.125. The van der Waals surface area contributed by atoms with Crippen LogP contribution in [-0.2, 0) is 22.6 Å². The lowest BCUT2D eigenvalue weighted by molar-refractivity contribution is -0.120. The number of carbonyl (C=O) groups excluding carboxylic acids is 2. The minimum atomic E-state index is -0.211. The number of furan rings is 1. The van der Waals surface area contributed by atoms with E-state index in [1.807, 2.05) is 54.6 Å². The van der Waals surface area contributed by atoms with Gasteiger partial charge in [0.15, 0.2) is 0 Å². The monoisotopic (exact) mass is 399 g/mol. The quantitative estimate of drug-likeness (QED) is 0.638. The van der Waals surface area contributed by atoms with Gasteiger partial charge in [0.2, 0.25) is 5.91 Å². The van der Waals surface area contributed by atoms with E-state index >= 15 is 0 Å². The third-order valence-electron chi connectivity index (χ3n) is 4.74. The Labute approximate surface area is 174 Å². The molecule has 1 aromatic heterocycles. The van der Waals surface area contributed by atoms with E-state index in [9.17, 15) is 9.59 Å². The number of amidine groups is 1. The molecule has 1 aliphatic rings. The molecule has 1 aliphatic heterocycles. The zero-order valence-corrected chi connectivity index (χ0v) is 16.5. The number of nitrogens with one attached hydrogen (secondary N) is 1. The molecule has 0 saturated carbocycles. The number of rotatable bonds is 6. The van der Waals surface area contributed by atoms with E-state index in [0.717, 1.165) is 11.1 Å². The first-order chi connectivity index (χ1) is 14.6. The first-order valence-electron chi connectivity index (χ1n) is 9.65. The molecule has 30 heavy (non-hydrogen) atoms. The van der Waals surface area contributed by atoms with Crippen LogP contribution in [0.15, 0.2) is 88.1 Å². The molecule has 1 N–H and O–H groups in total. The number of amides is 2. The molecule has 2 aromatic carbocycles. The lowest BCUT2D eigenvalue weighted by atomic mass is 10.1. The van der Waals surface area contributed by atoms with Gasteiger partial charge in [0.05, 0.1) is 18.4 Å². The highest BCUT2D eigenvalue weighted by molar-refractivity contribution is 6.28. The SMILES string of the molecule is CC1=N/C(=C\c2ccco2)C(=O)N1c1ccc(CC(=O)NCc2ccccc2)cc1. The third-order valence-corrected chi connectivity index (χ3v) is 4.74. The molecule has 3 aromatic rings. The van der Waals surface area contributed by atoms with Crippen LogP contribution in [0.4, 0.5) is 5.69 Å². The standard InChI is InChI=1S/C24H21N3O3/c1-17-26-22(15-21-8-5-13-30-21)24(29)27(17)20-11-9-18(10-12-20)14-23(28)25-16-19-6-3-2-4-7-19/h2-13,15H,14,16H2,1H3,(H,25,28)/b22-15-. The molecule has 2 amide bonds. The van der Waals surface area contributed by atoms with Crippen LogP contribution < -0.4 is 10.2 Å². The normalized spacial score (nSPS) is 14.8. The van der Waals surface area contributed by atoms with Gasteiger partial charge in [-0.1, -0.05) is 42.5 Å². The van der Waals surface area contributed by atoms with E-state index in [1.54, 1.807) is 36.3 Å². The minimum absolute atomic E-state index is 0.0507. The summed E-state index contributed by atoms with van der Waals surface area (Å²) in [6, 6.07) is 20.7. The van der Waals surface area contributed by atoms with Gasteiger partial charge in [-0.05, 0) is 42.3 Å². The number of hydrogen-bond acceptors (Lipinski definition) is 4. The minimum Gasteiger partial charge on any atom is -0.465 e. The molecular weight excluding hydrogens is 378 g/mol. The van der Waals surface area contributed by atoms with Crippen molar-refractivity contribution in [2.24, 2.45) is 4.99 Å². The summed E-state index contributed by atoms with van der Waals surface area (Å²) in [7, 11) is 0. The highest BCUT2D eigenvalue weighted by Gasteiger charge is 2.29. The second kappa shape index (κ2) is 8.61. The van der Waals surface area contributed by atoms with E-state index in [1.165, 1.54) is 0 Å². The average molecular weight is 399 g/mol. The maximum Gasteiger partial charge on any atom is 0.282 e. The molecule has 6 nitrogen and oxygen atoms in total. The van der Waals surface area contributed by atoms with E-state index in [0.29, 0.717) is 29.5 Å². The Morgan fingerprint density at radius 2 is 1.80 bits per heavy atom. The molecule has 0 fully saturated rings. The van der Waals surface area contributed by atoms with Crippen molar-refractivity contribution in [1.82, 2.24) is 5.32 Å². The second-order valence-corrected chi connectivity index (χ2v) is 6.95. The molecule has 150 valence electrons. The summed E-state index contributed by atoms with van der Waals surface area (Å²) >= 11 is 0. The smallest absolute Gasteiger partial charge is 0.282 e. The zero-order chi connectivity index (χ0) is 20.9. The van der Waals surface area contributed by atoms with Crippen LogP contribution >= 0.6 is 0 Å². The molecular formula is C24H21N3O3. The first-order valence-corrected chi connectivity index (χ1v) is 9.65. The highest BCUT2D eigenvalue weighted by Crippen LogP contribution is 2.25. The zero-order valence-electron chi connectivity index (χ0n) is 16.5. The van der Waals surface area contributed by atoms with Crippen molar-refractivity contribution < 1.29 is 14.0 Å². The van der Waals surface area contributed by atoms with Crippen molar-refractivity contribution in [3.8, 4) is 0 Å².